The van der Waals surface area contributed by atoms with Gasteiger partial charge < -0.3 is 16.4 Å². The Balaban J connectivity index is 2.52. The van der Waals surface area contributed by atoms with Crippen molar-refractivity contribution in [3.05, 3.63) is 23.4 Å². The fourth-order valence-electron chi connectivity index (χ4n) is 1.42. The molecule has 6 heteroatoms. The predicted molar refractivity (Wildman–Crippen MR) is 69.0 cm³/mol. The lowest BCUT2D eigenvalue weighted by atomic mass is 10.2. The summed E-state index contributed by atoms with van der Waals surface area (Å²) in [4.78, 5) is 26.9. The molecule has 6 nitrogen and oxygen atoms in total. The van der Waals surface area contributed by atoms with Gasteiger partial charge in [-0.25, -0.2) is 4.98 Å². The van der Waals surface area contributed by atoms with E-state index in [1.54, 1.807) is 13.0 Å². The molecule has 0 fully saturated rings. The number of carbonyl (C=O) groups is 2. The minimum Gasteiger partial charge on any atom is -0.346 e. The van der Waals surface area contributed by atoms with Crippen LogP contribution in [0.3, 0.4) is 0 Å². The maximum absolute atomic E-state index is 11.6. The number of pyridine rings is 1. The number of nitrogens with zero attached hydrogens (tertiary/aromatic N) is 1. The van der Waals surface area contributed by atoms with E-state index in [4.69, 9.17) is 5.73 Å². The molecule has 0 unspecified atom stereocenters. The molecule has 0 bridgehead atoms. The van der Waals surface area contributed by atoms with E-state index < -0.39 is 6.04 Å². The molecule has 1 heterocycles. The third kappa shape index (κ3) is 4.50. The first-order chi connectivity index (χ1) is 8.38. The van der Waals surface area contributed by atoms with Gasteiger partial charge in [-0.2, -0.15) is 0 Å². The van der Waals surface area contributed by atoms with Gasteiger partial charge in [0.1, 0.15) is 5.82 Å². The van der Waals surface area contributed by atoms with Gasteiger partial charge in [0.15, 0.2) is 0 Å². The van der Waals surface area contributed by atoms with Crippen molar-refractivity contribution in [2.24, 2.45) is 5.73 Å². The monoisotopic (exact) mass is 250 g/mol. The summed E-state index contributed by atoms with van der Waals surface area (Å²) in [6.07, 6.45) is 0. The molecule has 0 saturated carbocycles. The number of aromatic nitrogens is 1. The molecule has 18 heavy (non-hydrogen) atoms. The number of hydrogen-bond acceptors (Lipinski definition) is 4. The number of nitrogens with two attached hydrogens (primary N) is 1. The van der Waals surface area contributed by atoms with Gasteiger partial charge in [0.2, 0.25) is 11.8 Å². The van der Waals surface area contributed by atoms with Crippen molar-refractivity contribution in [2.45, 2.75) is 26.8 Å². The molecule has 0 aliphatic heterocycles. The van der Waals surface area contributed by atoms with Crippen LogP contribution >= 0.6 is 0 Å². The number of amides is 2. The van der Waals surface area contributed by atoms with Gasteiger partial charge in [-0.3, -0.25) is 9.59 Å². The van der Waals surface area contributed by atoms with Crippen LogP contribution in [0.4, 0.5) is 5.82 Å². The van der Waals surface area contributed by atoms with E-state index >= 15 is 0 Å². The first kappa shape index (κ1) is 14.1. The zero-order valence-corrected chi connectivity index (χ0v) is 10.8. The summed E-state index contributed by atoms with van der Waals surface area (Å²) in [6, 6.07) is 3.04. The van der Waals surface area contributed by atoms with E-state index in [2.05, 4.69) is 15.6 Å². The van der Waals surface area contributed by atoms with Gasteiger partial charge in [0.05, 0.1) is 12.6 Å². The van der Waals surface area contributed by atoms with Gasteiger partial charge in [-0.15, -0.1) is 0 Å². The number of aryl methyl sites for hydroxylation is 2. The number of nitrogens with one attached hydrogen (secondary N) is 2. The van der Waals surface area contributed by atoms with Gasteiger partial charge >= 0.3 is 0 Å². The Labute approximate surface area is 106 Å². The topological polar surface area (TPSA) is 97.1 Å². The van der Waals surface area contributed by atoms with Crippen LogP contribution in [-0.2, 0) is 9.59 Å². The summed E-state index contributed by atoms with van der Waals surface area (Å²) in [5, 5.41) is 5.04. The second-order valence-corrected chi connectivity index (χ2v) is 4.23. The number of carbonyl (C=O) groups excluding carboxylic acids is 2. The average Bonchev–Trinajstić information content (AvgIpc) is 2.24. The highest BCUT2D eigenvalue weighted by Gasteiger charge is 2.09. The fraction of sp³-hybridized carbons (Fsp3) is 0.417. The fourth-order valence-corrected chi connectivity index (χ4v) is 1.42. The molecule has 0 aliphatic rings. The highest BCUT2D eigenvalue weighted by Crippen LogP contribution is 2.08. The van der Waals surface area contributed by atoms with Crippen molar-refractivity contribution in [3.63, 3.8) is 0 Å². The quantitative estimate of drug-likeness (QED) is 0.706. The molecule has 0 radical (unpaired) electrons. The van der Waals surface area contributed by atoms with Crippen molar-refractivity contribution >= 4 is 17.6 Å². The van der Waals surface area contributed by atoms with Crippen molar-refractivity contribution in [2.75, 3.05) is 11.9 Å². The smallest absolute Gasteiger partial charge is 0.244 e. The van der Waals surface area contributed by atoms with Gasteiger partial charge in [0, 0.05) is 5.69 Å². The van der Waals surface area contributed by atoms with Crippen molar-refractivity contribution in [1.82, 2.24) is 10.3 Å². The lowest BCUT2D eigenvalue weighted by Crippen LogP contribution is -2.41. The second kappa shape index (κ2) is 6.11. The third-order valence-electron chi connectivity index (χ3n) is 2.20. The molecule has 1 aromatic heterocycles. The zero-order chi connectivity index (χ0) is 13.7. The highest BCUT2D eigenvalue weighted by molar-refractivity contribution is 5.94. The zero-order valence-electron chi connectivity index (χ0n) is 10.8. The van der Waals surface area contributed by atoms with E-state index in [1.807, 2.05) is 19.9 Å². The molecule has 98 valence electrons. The Morgan fingerprint density at radius 3 is 2.61 bits per heavy atom. The molecule has 0 aromatic carbocycles. The standard InChI is InChI=1S/C12H18N4O2/c1-7-4-8(2)15-10(5-7)16-11(17)6-14-12(18)9(3)13/h4-5,9H,6,13H2,1-3H3,(H,14,18)(H,15,16,17)/t9-/m0/s1. The van der Waals surface area contributed by atoms with E-state index in [-0.39, 0.29) is 18.4 Å². The number of rotatable bonds is 4. The Morgan fingerprint density at radius 1 is 1.39 bits per heavy atom. The Hall–Kier alpha value is -1.95. The Bertz CT molecular complexity index is 437. The molecule has 2 amide bonds. The van der Waals surface area contributed by atoms with Crippen LogP contribution in [0, 0.1) is 13.8 Å². The maximum atomic E-state index is 11.6. The lowest BCUT2D eigenvalue weighted by Gasteiger charge is -2.09. The molecule has 0 aliphatic carbocycles. The van der Waals surface area contributed by atoms with Gasteiger partial charge in [-0.1, -0.05) is 0 Å². The van der Waals surface area contributed by atoms with Crippen LogP contribution in [0.2, 0.25) is 0 Å². The van der Waals surface area contributed by atoms with E-state index in [1.165, 1.54) is 0 Å². The first-order valence-corrected chi connectivity index (χ1v) is 5.67. The summed E-state index contributed by atoms with van der Waals surface area (Å²) in [7, 11) is 0. The SMILES string of the molecule is Cc1cc(C)nc(NC(=O)CNC(=O)[C@H](C)N)c1. The second-order valence-electron chi connectivity index (χ2n) is 4.23. The number of hydrogen-bond donors (Lipinski definition) is 3. The molecule has 1 rings (SSSR count). The van der Waals surface area contributed by atoms with Gasteiger partial charge in [0.25, 0.3) is 0 Å². The first-order valence-electron chi connectivity index (χ1n) is 5.67. The normalized spacial score (nSPS) is 11.8. The predicted octanol–water partition coefficient (Wildman–Crippen LogP) is 0.100. The van der Waals surface area contributed by atoms with Crippen molar-refractivity contribution in [3.8, 4) is 0 Å². The molecular weight excluding hydrogens is 232 g/mol. The molecule has 0 spiro atoms. The summed E-state index contributed by atoms with van der Waals surface area (Å²) in [5.74, 6) is -0.215. The van der Waals surface area contributed by atoms with E-state index in [0.29, 0.717) is 5.82 Å². The summed E-state index contributed by atoms with van der Waals surface area (Å²) in [5.41, 5.74) is 7.19. The summed E-state index contributed by atoms with van der Waals surface area (Å²) < 4.78 is 0. The maximum Gasteiger partial charge on any atom is 0.244 e. The minimum atomic E-state index is -0.628. The van der Waals surface area contributed by atoms with Crippen molar-refractivity contribution < 1.29 is 9.59 Å². The van der Waals surface area contributed by atoms with Crippen LogP contribution in [0.25, 0.3) is 0 Å². The van der Waals surface area contributed by atoms with Crippen LogP contribution in [0.1, 0.15) is 18.2 Å². The van der Waals surface area contributed by atoms with Crippen LogP contribution < -0.4 is 16.4 Å². The number of anilines is 1. The summed E-state index contributed by atoms with van der Waals surface area (Å²) >= 11 is 0. The van der Waals surface area contributed by atoms with E-state index in [0.717, 1.165) is 11.3 Å². The van der Waals surface area contributed by atoms with Crippen LogP contribution in [0.5, 0.6) is 0 Å². The lowest BCUT2D eigenvalue weighted by molar-refractivity contribution is -0.124. The van der Waals surface area contributed by atoms with Crippen LogP contribution in [-0.4, -0.2) is 29.4 Å². The molecule has 4 N–H and O–H groups in total. The largest absolute Gasteiger partial charge is 0.346 e. The van der Waals surface area contributed by atoms with Crippen LogP contribution in [0.15, 0.2) is 12.1 Å². The minimum absolute atomic E-state index is 0.116. The summed E-state index contributed by atoms with van der Waals surface area (Å²) in [6.45, 7) is 5.20. The molecule has 0 saturated heterocycles. The van der Waals surface area contributed by atoms with Crippen molar-refractivity contribution in [1.29, 1.82) is 0 Å². The van der Waals surface area contributed by atoms with E-state index in [9.17, 15) is 9.59 Å². The Kier molecular flexibility index (Phi) is 4.79. The average molecular weight is 250 g/mol. The molecule has 1 atom stereocenters. The molecular formula is C12H18N4O2. The highest BCUT2D eigenvalue weighted by atomic mass is 16.2. The molecule has 1 aromatic rings. The van der Waals surface area contributed by atoms with Gasteiger partial charge in [-0.05, 0) is 38.5 Å². The Morgan fingerprint density at radius 2 is 2.06 bits per heavy atom. The third-order valence-corrected chi connectivity index (χ3v) is 2.20.